The molecule has 2 heterocycles. The summed E-state index contributed by atoms with van der Waals surface area (Å²) in [6, 6.07) is 11.4. The third-order valence-electron chi connectivity index (χ3n) is 5.16. The number of fused-ring (bicyclic) bond motifs is 1. The molecule has 0 unspecified atom stereocenters. The van der Waals surface area contributed by atoms with Gasteiger partial charge in [0.25, 0.3) is 0 Å². The minimum Gasteiger partial charge on any atom is -0.497 e. The van der Waals surface area contributed by atoms with Gasteiger partial charge in [0, 0.05) is 22.7 Å². The number of nitrogens with zero attached hydrogens (tertiary/aromatic N) is 2. The van der Waals surface area contributed by atoms with Crippen molar-refractivity contribution < 1.29 is 22.3 Å². The fourth-order valence-electron chi connectivity index (χ4n) is 3.53. The maximum Gasteiger partial charge on any atom is 0.244 e. The van der Waals surface area contributed by atoms with Crippen LogP contribution in [-0.2, 0) is 14.6 Å². The third kappa shape index (κ3) is 4.85. The second-order valence-electron chi connectivity index (χ2n) is 7.51. The van der Waals surface area contributed by atoms with Crippen LogP contribution in [-0.4, -0.2) is 55.9 Å². The molecule has 0 saturated carbocycles. The van der Waals surface area contributed by atoms with Crippen LogP contribution in [0.2, 0.25) is 0 Å². The van der Waals surface area contributed by atoms with Crippen LogP contribution in [0.15, 0.2) is 47.5 Å². The number of anilines is 2. The highest BCUT2D eigenvalue weighted by Gasteiger charge is 2.44. The number of nitrogens with one attached hydrogen (secondary N) is 1. The van der Waals surface area contributed by atoms with Crippen LogP contribution >= 0.6 is 11.8 Å². The average Bonchev–Trinajstić information content (AvgIpc) is 3.22. The molecule has 0 bridgehead atoms. The Balaban J connectivity index is 1.58. The minimum absolute atomic E-state index is 0.0228. The second-order valence-corrected chi connectivity index (χ2v) is 10.9. The van der Waals surface area contributed by atoms with Gasteiger partial charge in [-0.15, -0.1) is 0 Å². The molecule has 1 amide bonds. The molecule has 0 radical (unpaired) electrons. The van der Waals surface area contributed by atoms with Crippen molar-refractivity contribution in [1.82, 2.24) is 0 Å². The van der Waals surface area contributed by atoms with Crippen molar-refractivity contribution in [3.05, 3.63) is 53.8 Å². The first-order valence-electron chi connectivity index (χ1n) is 9.66. The summed E-state index contributed by atoms with van der Waals surface area (Å²) in [5.74, 6) is -0.0217. The number of amidine groups is 1. The summed E-state index contributed by atoms with van der Waals surface area (Å²) in [4.78, 5) is 19.1. The average molecular weight is 464 g/mol. The second kappa shape index (κ2) is 8.51. The van der Waals surface area contributed by atoms with Crippen molar-refractivity contribution in [2.24, 2.45) is 4.99 Å². The summed E-state index contributed by atoms with van der Waals surface area (Å²) in [6.07, 6.45) is 0. The largest absolute Gasteiger partial charge is 0.497 e. The molecule has 1 N–H and O–H groups in total. The summed E-state index contributed by atoms with van der Waals surface area (Å²) in [7, 11) is -1.53. The summed E-state index contributed by atoms with van der Waals surface area (Å²) in [5.41, 5.74) is 1.55. The molecular formula is C21H22FN3O4S2. The highest BCUT2D eigenvalue weighted by Crippen LogP contribution is 2.37. The van der Waals surface area contributed by atoms with Gasteiger partial charge in [-0.1, -0.05) is 23.9 Å². The number of halogens is 1. The standard InChI is InChI=1S/C21H22FN3O4S2/c1-13-6-7-14(8-17(13)22)23-20(26)10-25(15-4-3-5-16(9-15)29-2)21-24-18-11-31(27,28)12-19(18)30-21/h3-9,18-19H,10-12H2,1-2H3,(H,23,26)/t18-,19+/m1/s1. The molecule has 7 nitrogen and oxygen atoms in total. The van der Waals surface area contributed by atoms with Crippen LogP contribution < -0.4 is 15.0 Å². The Hall–Kier alpha value is -2.59. The van der Waals surface area contributed by atoms with E-state index in [1.165, 1.54) is 17.8 Å². The van der Waals surface area contributed by atoms with Gasteiger partial charge in [0.2, 0.25) is 5.91 Å². The summed E-state index contributed by atoms with van der Waals surface area (Å²) < 4.78 is 42.9. The summed E-state index contributed by atoms with van der Waals surface area (Å²) in [5, 5.41) is 3.15. The van der Waals surface area contributed by atoms with E-state index in [9.17, 15) is 17.6 Å². The van der Waals surface area contributed by atoms with Crippen molar-refractivity contribution >= 4 is 44.0 Å². The number of thioether (sulfide) groups is 1. The molecule has 2 aromatic rings. The first-order chi connectivity index (χ1) is 14.7. The molecular weight excluding hydrogens is 441 g/mol. The fourth-order valence-corrected chi connectivity index (χ4v) is 7.31. The maximum atomic E-state index is 13.8. The van der Waals surface area contributed by atoms with Crippen molar-refractivity contribution in [3.8, 4) is 5.75 Å². The zero-order valence-corrected chi connectivity index (χ0v) is 18.7. The van der Waals surface area contributed by atoms with E-state index < -0.39 is 15.7 Å². The Labute approximate surface area is 184 Å². The molecule has 31 heavy (non-hydrogen) atoms. The SMILES string of the molecule is COc1cccc(N(CC(=O)Nc2ccc(C)c(F)c2)C2=N[C@@H]3CS(=O)(=O)C[C@@H]3S2)c1. The van der Waals surface area contributed by atoms with E-state index in [-0.39, 0.29) is 35.2 Å². The topological polar surface area (TPSA) is 88.1 Å². The summed E-state index contributed by atoms with van der Waals surface area (Å²) in [6.45, 7) is 1.58. The Bertz CT molecular complexity index is 1150. The Morgan fingerprint density at radius 1 is 1.29 bits per heavy atom. The number of methoxy groups -OCH3 is 1. The van der Waals surface area contributed by atoms with Gasteiger partial charge in [-0.3, -0.25) is 9.79 Å². The van der Waals surface area contributed by atoms with Crippen molar-refractivity contribution in [2.45, 2.75) is 18.2 Å². The molecule has 10 heteroatoms. The quantitative estimate of drug-likeness (QED) is 0.734. The van der Waals surface area contributed by atoms with Gasteiger partial charge in [0.15, 0.2) is 15.0 Å². The van der Waals surface area contributed by atoms with Crippen LogP contribution in [0.1, 0.15) is 5.56 Å². The molecule has 164 valence electrons. The molecule has 2 aromatic carbocycles. The molecule has 0 aliphatic carbocycles. The number of hydrogen-bond donors (Lipinski definition) is 1. The van der Waals surface area contributed by atoms with E-state index in [1.807, 2.05) is 6.07 Å². The molecule has 1 fully saturated rings. The van der Waals surface area contributed by atoms with Gasteiger partial charge < -0.3 is 15.0 Å². The molecule has 2 aliphatic rings. The lowest BCUT2D eigenvalue weighted by molar-refractivity contribution is -0.114. The van der Waals surface area contributed by atoms with Gasteiger partial charge >= 0.3 is 0 Å². The number of aliphatic imine (C=N–C) groups is 1. The normalized spacial score (nSPS) is 21.3. The van der Waals surface area contributed by atoms with Crippen LogP contribution in [0.5, 0.6) is 5.75 Å². The van der Waals surface area contributed by atoms with Gasteiger partial charge in [0.05, 0.1) is 24.7 Å². The molecule has 1 saturated heterocycles. The van der Waals surface area contributed by atoms with Gasteiger partial charge in [0.1, 0.15) is 18.1 Å². The van der Waals surface area contributed by atoms with Gasteiger partial charge in [-0.05, 0) is 36.8 Å². The monoisotopic (exact) mass is 463 g/mol. The Morgan fingerprint density at radius 3 is 2.81 bits per heavy atom. The molecule has 2 atom stereocenters. The number of carbonyl (C=O) groups excluding carboxylic acids is 1. The van der Waals surface area contributed by atoms with Crippen molar-refractivity contribution in [2.75, 3.05) is 35.4 Å². The maximum absolute atomic E-state index is 13.8. The van der Waals surface area contributed by atoms with Crippen LogP contribution in [0.3, 0.4) is 0 Å². The van der Waals surface area contributed by atoms with E-state index in [0.29, 0.717) is 27.9 Å². The fraction of sp³-hybridized carbons (Fsp3) is 0.333. The van der Waals surface area contributed by atoms with Crippen LogP contribution in [0, 0.1) is 12.7 Å². The Kier molecular flexibility index (Phi) is 5.94. The van der Waals surface area contributed by atoms with E-state index in [1.54, 1.807) is 49.3 Å². The number of sulfone groups is 1. The number of amides is 1. The van der Waals surface area contributed by atoms with Gasteiger partial charge in [-0.2, -0.15) is 0 Å². The highest BCUT2D eigenvalue weighted by molar-refractivity contribution is 8.15. The predicted molar refractivity (Wildman–Crippen MR) is 121 cm³/mol. The highest BCUT2D eigenvalue weighted by atomic mass is 32.2. The first kappa shape index (κ1) is 21.6. The lowest BCUT2D eigenvalue weighted by Crippen LogP contribution is -2.36. The van der Waals surface area contributed by atoms with Crippen molar-refractivity contribution in [3.63, 3.8) is 0 Å². The Morgan fingerprint density at radius 2 is 2.10 bits per heavy atom. The smallest absolute Gasteiger partial charge is 0.244 e. The van der Waals surface area contributed by atoms with Crippen LogP contribution in [0.25, 0.3) is 0 Å². The molecule has 0 spiro atoms. The van der Waals surface area contributed by atoms with E-state index in [4.69, 9.17) is 4.74 Å². The first-order valence-corrected chi connectivity index (χ1v) is 12.4. The molecule has 0 aromatic heterocycles. The van der Waals surface area contributed by atoms with E-state index >= 15 is 0 Å². The number of hydrogen-bond acceptors (Lipinski definition) is 7. The van der Waals surface area contributed by atoms with E-state index in [2.05, 4.69) is 10.3 Å². The third-order valence-corrected chi connectivity index (χ3v) is 8.41. The predicted octanol–water partition coefficient (Wildman–Crippen LogP) is 2.86. The lowest BCUT2D eigenvalue weighted by Gasteiger charge is -2.24. The number of rotatable bonds is 5. The number of carbonyl (C=O) groups is 1. The lowest BCUT2D eigenvalue weighted by atomic mass is 10.2. The minimum atomic E-state index is -3.08. The molecule has 4 rings (SSSR count). The number of aryl methyl sites for hydroxylation is 1. The van der Waals surface area contributed by atoms with Crippen LogP contribution in [0.4, 0.5) is 15.8 Å². The zero-order valence-electron chi connectivity index (χ0n) is 17.0. The zero-order chi connectivity index (χ0) is 22.2. The van der Waals surface area contributed by atoms with Crippen molar-refractivity contribution in [1.29, 1.82) is 0 Å². The molecule has 2 aliphatic heterocycles. The number of benzene rings is 2. The summed E-state index contributed by atoms with van der Waals surface area (Å²) >= 11 is 1.37. The van der Waals surface area contributed by atoms with Gasteiger partial charge in [-0.25, -0.2) is 12.8 Å². The number of ether oxygens (including phenoxy) is 1. The van der Waals surface area contributed by atoms with E-state index in [0.717, 1.165) is 0 Å².